The zero-order valence-electron chi connectivity index (χ0n) is 10.6. The van der Waals surface area contributed by atoms with Crippen LogP contribution in [0.3, 0.4) is 0 Å². The first kappa shape index (κ1) is 15.6. The molecule has 2 atom stereocenters. The van der Waals surface area contributed by atoms with E-state index < -0.39 is 10.8 Å². The normalized spacial score (nSPS) is 14.4. The lowest BCUT2D eigenvalue weighted by Gasteiger charge is -2.16. The molecule has 0 saturated carbocycles. The van der Waals surface area contributed by atoms with Gasteiger partial charge in [0.25, 0.3) is 0 Å². The van der Waals surface area contributed by atoms with Crippen LogP contribution < -0.4 is 5.32 Å². The molecule has 0 aliphatic rings. The Morgan fingerprint density at radius 3 is 2.61 bits per heavy atom. The van der Waals surface area contributed by atoms with E-state index >= 15 is 0 Å². The molecular formula is C13H20ClNO2S. The van der Waals surface area contributed by atoms with E-state index in [0.717, 1.165) is 12.1 Å². The minimum absolute atomic E-state index is 0.119. The maximum absolute atomic E-state index is 12.0. The Labute approximate surface area is 116 Å². The fraction of sp³-hybridized carbons (Fsp3) is 0.538. The lowest BCUT2D eigenvalue weighted by Crippen LogP contribution is -2.35. The summed E-state index contributed by atoms with van der Waals surface area (Å²) in [6.45, 7) is 2.95. The quantitative estimate of drug-likeness (QED) is 0.769. The predicted molar refractivity (Wildman–Crippen MR) is 77.3 cm³/mol. The smallest absolute Gasteiger partial charge is 0.0486 e. The van der Waals surface area contributed by atoms with E-state index in [1.807, 2.05) is 31.2 Å². The van der Waals surface area contributed by atoms with E-state index in [1.54, 1.807) is 0 Å². The van der Waals surface area contributed by atoms with Crippen LogP contribution in [0.15, 0.2) is 24.3 Å². The highest BCUT2D eigenvalue weighted by Gasteiger charge is 2.11. The molecule has 1 aromatic carbocycles. The first-order chi connectivity index (χ1) is 8.65. The number of benzene rings is 1. The highest BCUT2D eigenvalue weighted by molar-refractivity contribution is 7.84. The van der Waals surface area contributed by atoms with Crippen molar-refractivity contribution in [3.63, 3.8) is 0 Å². The van der Waals surface area contributed by atoms with E-state index in [9.17, 15) is 4.21 Å². The van der Waals surface area contributed by atoms with Crippen LogP contribution in [0.4, 0.5) is 0 Å². The molecule has 2 N–H and O–H groups in total. The molecule has 0 spiro atoms. The molecule has 102 valence electrons. The van der Waals surface area contributed by atoms with Crippen LogP contribution in [0.1, 0.15) is 18.9 Å². The van der Waals surface area contributed by atoms with Crippen LogP contribution in [0.25, 0.3) is 0 Å². The summed E-state index contributed by atoms with van der Waals surface area (Å²) >= 11 is 5.80. The summed E-state index contributed by atoms with van der Waals surface area (Å²) in [4.78, 5) is 0. The molecule has 0 saturated heterocycles. The predicted octanol–water partition coefficient (Wildman–Crippen LogP) is 1.95. The lowest BCUT2D eigenvalue weighted by atomic mass is 10.2. The van der Waals surface area contributed by atoms with Gasteiger partial charge in [0.1, 0.15) is 0 Å². The van der Waals surface area contributed by atoms with Crippen molar-refractivity contribution in [1.29, 1.82) is 0 Å². The third kappa shape index (κ3) is 5.96. The van der Waals surface area contributed by atoms with Crippen LogP contribution in [0, 0.1) is 0 Å². The first-order valence-corrected chi connectivity index (χ1v) is 7.96. The number of halogens is 1. The average molecular weight is 290 g/mol. The van der Waals surface area contributed by atoms with Crippen molar-refractivity contribution in [3.8, 4) is 0 Å². The number of hydrogen-bond donors (Lipinski definition) is 2. The van der Waals surface area contributed by atoms with Gasteiger partial charge in [0, 0.05) is 40.0 Å². The van der Waals surface area contributed by atoms with Gasteiger partial charge in [-0.25, -0.2) is 0 Å². The second kappa shape index (κ2) is 8.64. The first-order valence-electron chi connectivity index (χ1n) is 6.09. The molecule has 0 bridgehead atoms. The van der Waals surface area contributed by atoms with Gasteiger partial charge in [-0.15, -0.1) is 0 Å². The summed E-state index contributed by atoms with van der Waals surface area (Å²) in [5, 5.41) is 12.9. The maximum atomic E-state index is 12.0. The van der Waals surface area contributed by atoms with Gasteiger partial charge in [0.05, 0.1) is 0 Å². The molecule has 0 amide bonds. The zero-order chi connectivity index (χ0) is 13.4. The van der Waals surface area contributed by atoms with Gasteiger partial charge >= 0.3 is 0 Å². The molecule has 0 aliphatic heterocycles. The molecule has 0 fully saturated rings. The van der Waals surface area contributed by atoms with Crippen molar-refractivity contribution in [2.24, 2.45) is 0 Å². The van der Waals surface area contributed by atoms with Crippen LogP contribution in [-0.2, 0) is 16.6 Å². The van der Waals surface area contributed by atoms with Crippen molar-refractivity contribution < 1.29 is 9.32 Å². The molecule has 0 aromatic heterocycles. The Morgan fingerprint density at radius 1 is 1.39 bits per heavy atom. The molecular weight excluding hydrogens is 270 g/mol. The summed E-state index contributed by atoms with van der Waals surface area (Å²) in [5.74, 6) is 1.10. The molecule has 5 heteroatoms. The van der Waals surface area contributed by atoms with Gasteiger partial charge in [-0.3, -0.25) is 4.21 Å². The summed E-state index contributed by atoms with van der Waals surface area (Å²) < 4.78 is 12.0. The molecule has 0 heterocycles. The Hall–Kier alpha value is -0.420. The summed E-state index contributed by atoms with van der Waals surface area (Å²) in [7, 11) is -0.927. The van der Waals surface area contributed by atoms with Crippen molar-refractivity contribution in [2.45, 2.75) is 25.1 Å². The lowest BCUT2D eigenvalue weighted by molar-refractivity contribution is 0.270. The highest BCUT2D eigenvalue weighted by atomic mass is 35.5. The van der Waals surface area contributed by atoms with Gasteiger partial charge in [-0.2, -0.15) is 0 Å². The standard InChI is InChI=1S/C13H20ClNO2S/c1-2-15-13(7-8-16)10-18(17)9-11-3-5-12(14)6-4-11/h3-6,13,15-16H,2,7-10H2,1H3. The third-order valence-electron chi connectivity index (χ3n) is 2.60. The Kier molecular flexibility index (Phi) is 7.51. The molecule has 1 aromatic rings. The number of hydrogen-bond acceptors (Lipinski definition) is 3. The average Bonchev–Trinajstić information content (AvgIpc) is 2.33. The SMILES string of the molecule is CCNC(CCO)CS(=O)Cc1ccc(Cl)cc1. The minimum atomic E-state index is -0.927. The fourth-order valence-electron chi connectivity index (χ4n) is 1.74. The van der Waals surface area contributed by atoms with Crippen LogP contribution in [0.2, 0.25) is 5.02 Å². The topological polar surface area (TPSA) is 49.3 Å². The summed E-state index contributed by atoms with van der Waals surface area (Å²) in [5.41, 5.74) is 1.02. The van der Waals surface area contributed by atoms with E-state index in [2.05, 4.69) is 5.32 Å². The van der Waals surface area contributed by atoms with Crippen LogP contribution in [-0.4, -0.2) is 34.3 Å². The van der Waals surface area contributed by atoms with Gasteiger partial charge < -0.3 is 10.4 Å². The summed E-state index contributed by atoms with van der Waals surface area (Å²) in [6, 6.07) is 7.53. The molecule has 3 nitrogen and oxygen atoms in total. The van der Waals surface area contributed by atoms with Crippen molar-refractivity contribution in [1.82, 2.24) is 5.32 Å². The van der Waals surface area contributed by atoms with E-state index in [4.69, 9.17) is 16.7 Å². The molecule has 2 unspecified atom stereocenters. The van der Waals surface area contributed by atoms with Crippen LogP contribution in [0.5, 0.6) is 0 Å². The minimum Gasteiger partial charge on any atom is -0.396 e. The number of aliphatic hydroxyl groups is 1. The largest absolute Gasteiger partial charge is 0.396 e. The molecule has 1 rings (SSSR count). The second-order valence-electron chi connectivity index (χ2n) is 4.14. The van der Waals surface area contributed by atoms with Crippen molar-refractivity contribution in [3.05, 3.63) is 34.9 Å². The van der Waals surface area contributed by atoms with Crippen molar-refractivity contribution >= 4 is 22.4 Å². The van der Waals surface area contributed by atoms with Gasteiger partial charge in [0.2, 0.25) is 0 Å². The number of rotatable bonds is 8. The maximum Gasteiger partial charge on any atom is 0.0486 e. The molecule has 0 radical (unpaired) electrons. The van der Waals surface area contributed by atoms with E-state index in [-0.39, 0.29) is 12.6 Å². The second-order valence-corrected chi connectivity index (χ2v) is 6.08. The fourth-order valence-corrected chi connectivity index (χ4v) is 3.28. The zero-order valence-corrected chi connectivity index (χ0v) is 12.1. The highest BCUT2D eigenvalue weighted by Crippen LogP contribution is 2.11. The Bertz CT molecular complexity index is 364. The van der Waals surface area contributed by atoms with Gasteiger partial charge in [-0.1, -0.05) is 30.7 Å². The Balaban J connectivity index is 2.46. The molecule has 0 aliphatic carbocycles. The van der Waals surface area contributed by atoms with E-state index in [1.165, 1.54) is 0 Å². The van der Waals surface area contributed by atoms with Gasteiger partial charge in [0.15, 0.2) is 0 Å². The molecule has 18 heavy (non-hydrogen) atoms. The number of aliphatic hydroxyl groups excluding tert-OH is 1. The van der Waals surface area contributed by atoms with Crippen molar-refractivity contribution in [2.75, 3.05) is 18.9 Å². The van der Waals surface area contributed by atoms with Gasteiger partial charge in [-0.05, 0) is 30.7 Å². The van der Waals surface area contributed by atoms with E-state index in [0.29, 0.717) is 22.9 Å². The third-order valence-corrected chi connectivity index (χ3v) is 4.28. The summed E-state index contributed by atoms with van der Waals surface area (Å²) in [6.07, 6.45) is 0.639. The number of nitrogens with one attached hydrogen (secondary N) is 1. The monoisotopic (exact) mass is 289 g/mol. The Morgan fingerprint density at radius 2 is 2.06 bits per heavy atom. The van der Waals surface area contributed by atoms with Crippen LogP contribution >= 0.6 is 11.6 Å².